The van der Waals surface area contributed by atoms with Crippen LogP contribution in [0.5, 0.6) is 0 Å². The van der Waals surface area contributed by atoms with Crippen LogP contribution in [0.2, 0.25) is 0 Å². The van der Waals surface area contributed by atoms with Gasteiger partial charge < -0.3 is 14.6 Å². The van der Waals surface area contributed by atoms with Crippen LogP contribution in [-0.2, 0) is 16.1 Å². The number of amides is 1. The zero-order valence-corrected chi connectivity index (χ0v) is 21.0. The summed E-state index contributed by atoms with van der Waals surface area (Å²) in [6, 6.07) is 8.06. The summed E-state index contributed by atoms with van der Waals surface area (Å²) >= 11 is 3.10. The Morgan fingerprint density at radius 3 is 2.72 bits per heavy atom. The van der Waals surface area contributed by atoms with Crippen LogP contribution in [0.25, 0.3) is 0 Å². The minimum atomic E-state index is -0.0443. The van der Waals surface area contributed by atoms with E-state index in [9.17, 15) is 4.79 Å². The third-order valence-corrected chi connectivity index (χ3v) is 7.18. The molecule has 2 heterocycles. The monoisotopic (exact) mass is 478 g/mol. The first-order valence-electron chi connectivity index (χ1n) is 11.0. The number of morpholine rings is 1. The molecule has 1 atom stereocenters. The molecule has 1 aliphatic heterocycles. The number of hydrogen-bond acceptors (Lipinski definition) is 8. The SMILES string of the molecule is CC[C@@H](c1nnc(SCC(=O)Nc2cccc(SC)c2)n1CCN1CCOCC1)N(C)C. The Hall–Kier alpha value is -1.59. The minimum absolute atomic E-state index is 0.0443. The van der Waals surface area contributed by atoms with Crippen LogP contribution in [0, 0.1) is 0 Å². The molecule has 1 aromatic carbocycles. The van der Waals surface area contributed by atoms with Crippen molar-refractivity contribution in [1.29, 1.82) is 0 Å². The van der Waals surface area contributed by atoms with E-state index in [-0.39, 0.29) is 17.7 Å². The van der Waals surface area contributed by atoms with Crippen molar-refractivity contribution in [1.82, 2.24) is 24.6 Å². The lowest BCUT2D eigenvalue weighted by Crippen LogP contribution is -2.38. The molecular weight excluding hydrogens is 444 g/mol. The van der Waals surface area contributed by atoms with Crippen LogP contribution in [-0.4, -0.2) is 89.4 Å². The van der Waals surface area contributed by atoms with E-state index < -0.39 is 0 Å². The predicted octanol–water partition coefficient (Wildman–Crippen LogP) is 3.08. The quantitative estimate of drug-likeness (QED) is 0.494. The number of carbonyl (C=O) groups excluding carboxylic acids is 1. The van der Waals surface area contributed by atoms with E-state index >= 15 is 0 Å². The summed E-state index contributed by atoms with van der Waals surface area (Å²) in [5, 5.41) is 12.8. The van der Waals surface area contributed by atoms with Crippen molar-refractivity contribution in [3.8, 4) is 0 Å². The van der Waals surface area contributed by atoms with E-state index in [4.69, 9.17) is 4.74 Å². The third kappa shape index (κ3) is 6.95. The molecule has 176 valence electrons. The Kier molecular flexibility index (Phi) is 9.86. The molecule has 1 fully saturated rings. The Labute approximate surface area is 199 Å². The summed E-state index contributed by atoms with van der Waals surface area (Å²) in [6.45, 7) is 7.33. The van der Waals surface area contributed by atoms with Gasteiger partial charge >= 0.3 is 0 Å². The Balaban J connectivity index is 1.68. The molecule has 0 unspecified atom stereocenters. The average molecular weight is 479 g/mol. The zero-order valence-electron chi connectivity index (χ0n) is 19.4. The van der Waals surface area contributed by atoms with Gasteiger partial charge in [0.1, 0.15) is 0 Å². The molecule has 3 rings (SSSR count). The molecule has 1 aliphatic rings. The van der Waals surface area contributed by atoms with Crippen molar-refractivity contribution in [2.24, 2.45) is 0 Å². The van der Waals surface area contributed by atoms with Crippen LogP contribution in [0.3, 0.4) is 0 Å². The van der Waals surface area contributed by atoms with Gasteiger partial charge in [-0.3, -0.25) is 14.6 Å². The summed E-state index contributed by atoms with van der Waals surface area (Å²) in [5.74, 6) is 1.20. The average Bonchev–Trinajstić information content (AvgIpc) is 3.19. The van der Waals surface area contributed by atoms with Gasteiger partial charge in [-0.15, -0.1) is 22.0 Å². The molecule has 1 N–H and O–H groups in total. The number of ether oxygens (including phenoxy) is 1. The topological polar surface area (TPSA) is 75.5 Å². The summed E-state index contributed by atoms with van der Waals surface area (Å²) in [5.41, 5.74) is 0.815. The predicted molar refractivity (Wildman–Crippen MR) is 132 cm³/mol. The molecular formula is C22H34N6O2S2. The third-order valence-electron chi connectivity index (χ3n) is 5.48. The van der Waals surface area contributed by atoms with Gasteiger partial charge in [-0.1, -0.05) is 24.8 Å². The number of nitrogens with zero attached hydrogens (tertiary/aromatic N) is 5. The Morgan fingerprint density at radius 1 is 1.25 bits per heavy atom. The number of hydrogen-bond donors (Lipinski definition) is 1. The van der Waals surface area contributed by atoms with Crippen LogP contribution >= 0.6 is 23.5 Å². The van der Waals surface area contributed by atoms with Gasteiger partial charge in [0.25, 0.3) is 0 Å². The molecule has 2 aromatic rings. The number of benzene rings is 1. The van der Waals surface area contributed by atoms with E-state index in [0.717, 1.165) is 67.4 Å². The van der Waals surface area contributed by atoms with E-state index in [1.54, 1.807) is 11.8 Å². The van der Waals surface area contributed by atoms with E-state index in [1.165, 1.54) is 11.8 Å². The fraction of sp³-hybridized carbons (Fsp3) is 0.591. The van der Waals surface area contributed by atoms with Gasteiger partial charge in [0.15, 0.2) is 11.0 Å². The lowest BCUT2D eigenvalue weighted by molar-refractivity contribution is -0.113. The Morgan fingerprint density at radius 2 is 2.03 bits per heavy atom. The maximum absolute atomic E-state index is 12.6. The largest absolute Gasteiger partial charge is 0.379 e. The van der Waals surface area contributed by atoms with Crippen molar-refractivity contribution in [2.75, 3.05) is 64.3 Å². The standard InChI is InChI=1S/C22H34N6O2S2/c1-5-19(26(2)3)21-24-25-22(28(21)10-9-27-11-13-30-14-12-27)32-16-20(29)23-17-7-6-8-18(15-17)31-4/h6-8,15,19H,5,9-14,16H2,1-4H3,(H,23,29)/t19-/m0/s1. The van der Waals surface area contributed by atoms with Gasteiger partial charge in [-0.05, 0) is 45.0 Å². The van der Waals surface area contributed by atoms with Gasteiger partial charge in [-0.25, -0.2) is 0 Å². The molecule has 10 heteroatoms. The van der Waals surface area contributed by atoms with Crippen molar-refractivity contribution < 1.29 is 9.53 Å². The highest BCUT2D eigenvalue weighted by Crippen LogP contribution is 2.26. The fourth-order valence-electron chi connectivity index (χ4n) is 3.74. The smallest absolute Gasteiger partial charge is 0.234 e. The van der Waals surface area contributed by atoms with Gasteiger partial charge in [0, 0.05) is 36.8 Å². The van der Waals surface area contributed by atoms with Crippen molar-refractivity contribution in [3.05, 3.63) is 30.1 Å². The number of carbonyl (C=O) groups is 1. The molecule has 0 radical (unpaired) electrons. The van der Waals surface area contributed by atoms with Gasteiger partial charge in [-0.2, -0.15) is 0 Å². The van der Waals surface area contributed by atoms with Crippen molar-refractivity contribution in [2.45, 2.75) is 36.0 Å². The van der Waals surface area contributed by atoms with Crippen LogP contribution in [0.1, 0.15) is 25.2 Å². The van der Waals surface area contributed by atoms with Crippen molar-refractivity contribution >= 4 is 35.1 Å². The van der Waals surface area contributed by atoms with Crippen LogP contribution in [0.15, 0.2) is 34.3 Å². The lowest BCUT2D eigenvalue weighted by Gasteiger charge is -2.28. The molecule has 0 bridgehead atoms. The van der Waals surface area contributed by atoms with Crippen LogP contribution in [0.4, 0.5) is 5.69 Å². The highest BCUT2D eigenvalue weighted by molar-refractivity contribution is 7.99. The second kappa shape index (κ2) is 12.6. The molecule has 1 saturated heterocycles. The number of aromatic nitrogens is 3. The summed E-state index contributed by atoms with van der Waals surface area (Å²) in [4.78, 5) is 18.3. The summed E-state index contributed by atoms with van der Waals surface area (Å²) < 4.78 is 7.66. The second-order valence-corrected chi connectivity index (χ2v) is 9.73. The molecule has 8 nitrogen and oxygen atoms in total. The lowest BCUT2D eigenvalue weighted by atomic mass is 10.2. The van der Waals surface area contributed by atoms with Gasteiger partial charge in [0.05, 0.1) is 25.0 Å². The molecule has 1 amide bonds. The maximum atomic E-state index is 12.6. The summed E-state index contributed by atoms with van der Waals surface area (Å²) in [6.07, 6.45) is 2.97. The molecule has 0 spiro atoms. The number of anilines is 1. The number of rotatable bonds is 11. The molecule has 0 aliphatic carbocycles. The molecule has 0 saturated carbocycles. The van der Waals surface area contributed by atoms with E-state index in [1.807, 2.05) is 30.5 Å². The zero-order chi connectivity index (χ0) is 22.9. The van der Waals surface area contributed by atoms with E-state index in [2.05, 4.69) is 50.9 Å². The molecule has 1 aromatic heterocycles. The minimum Gasteiger partial charge on any atom is -0.379 e. The molecule has 32 heavy (non-hydrogen) atoms. The maximum Gasteiger partial charge on any atom is 0.234 e. The first-order valence-corrected chi connectivity index (χ1v) is 13.2. The van der Waals surface area contributed by atoms with E-state index in [0.29, 0.717) is 0 Å². The summed E-state index contributed by atoms with van der Waals surface area (Å²) in [7, 11) is 4.14. The van der Waals surface area contributed by atoms with Gasteiger partial charge in [0.2, 0.25) is 5.91 Å². The van der Waals surface area contributed by atoms with Crippen LogP contribution < -0.4 is 5.32 Å². The fourth-order valence-corrected chi connectivity index (χ4v) is 4.97. The second-order valence-electron chi connectivity index (χ2n) is 7.90. The first kappa shape index (κ1) is 25.0. The Bertz CT molecular complexity index is 870. The number of thioether (sulfide) groups is 2. The normalized spacial score (nSPS) is 15.8. The first-order chi connectivity index (χ1) is 15.5. The highest BCUT2D eigenvalue weighted by Gasteiger charge is 2.23. The van der Waals surface area contributed by atoms with Crippen molar-refractivity contribution in [3.63, 3.8) is 0 Å². The highest BCUT2D eigenvalue weighted by atomic mass is 32.2. The number of nitrogens with one attached hydrogen (secondary N) is 1.